The van der Waals surface area contributed by atoms with Crippen LogP contribution in [0.1, 0.15) is 48.8 Å². The van der Waals surface area contributed by atoms with Crippen molar-refractivity contribution in [3.63, 3.8) is 0 Å². The first-order valence-corrected chi connectivity index (χ1v) is 18.6. The van der Waals surface area contributed by atoms with Crippen LogP contribution >= 0.6 is 0 Å². The van der Waals surface area contributed by atoms with E-state index in [9.17, 15) is 28.1 Å². The Bertz CT molecular complexity index is 1970. The Labute approximate surface area is 304 Å². The maximum absolute atomic E-state index is 14.8. The summed E-state index contributed by atoms with van der Waals surface area (Å²) in [5.74, 6) is 0.0310. The number of carbonyl (C=O) groups excluding carboxylic acids is 2. The van der Waals surface area contributed by atoms with Crippen LogP contribution in [-0.2, 0) is 32.6 Å². The van der Waals surface area contributed by atoms with Crippen LogP contribution in [0.4, 0.5) is 11.4 Å². The fourth-order valence-corrected chi connectivity index (χ4v) is 7.85. The number of aryl methyl sites for hydroxylation is 1. The summed E-state index contributed by atoms with van der Waals surface area (Å²) in [4.78, 5) is 41.4. The molecule has 1 saturated carbocycles. The Hall–Kier alpha value is -5.43. The fraction of sp³-hybridized carbons (Fsp3) is 0.333. The summed E-state index contributed by atoms with van der Waals surface area (Å²) in [6.45, 7) is 0.779. The predicted molar refractivity (Wildman–Crippen MR) is 198 cm³/mol. The normalized spacial score (nSPS) is 13.8. The number of hydrogen-bond acceptors (Lipinski definition) is 8. The zero-order valence-corrected chi connectivity index (χ0v) is 30.4. The van der Waals surface area contributed by atoms with Crippen LogP contribution in [-0.4, -0.2) is 62.9 Å². The van der Waals surface area contributed by atoms with E-state index in [1.54, 1.807) is 30.3 Å². The second-order valence-corrected chi connectivity index (χ2v) is 14.7. The van der Waals surface area contributed by atoms with Gasteiger partial charge in [0.1, 0.15) is 24.1 Å². The monoisotopic (exact) mass is 728 g/mol. The highest BCUT2D eigenvalue weighted by Crippen LogP contribution is 2.30. The molecule has 1 aliphatic rings. The summed E-state index contributed by atoms with van der Waals surface area (Å²) in [7, 11) is -1.56. The van der Waals surface area contributed by atoms with Gasteiger partial charge in [-0.3, -0.25) is 24.0 Å². The first kappa shape index (κ1) is 37.8. The Kier molecular flexibility index (Phi) is 12.5. The second-order valence-electron chi connectivity index (χ2n) is 12.8. The summed E-state index contributed by atoms with van der Waals surface area (Å²) < 4.78 is 40.5. The lowest BCUT2D eigenvalue weighted by molar-refractivity contribution is -0.385. The Morgan fingerprint density at radius 3 is 2.19 bits per heavy atom. The molecule has 4 aromatic carbocycles. The zero-order chi connectivity index (χ0) is 37.3. The molecular weight excluding hydrogens is 685 g/mol. The molecule has 0 aliphatic heterocycles. The van der Waals surface area contributed by atoms with Gasteiger partial charge >= 0.3 is 0 Å². The van der Waals surface area contributed by atoms with Crippen molar-refractivity contribution in [1.29, 1.82) is 0 Å². The third-order valence-corrected chi connectivity index (χ3v) is 11.1. The maximum Gasteiger partial charge on any atom is 0.273 e. The molecule has 0 aromatic heterocycles. The van der Waals surface area contributed by atoms with Gasteiger partial charge in [-0.05, 0) is 73.4 Å². The third kappa shape index (κ3) is 9.26. The van der Waals surface area contributed by atoms with Crippen LogP contribution in [0.3, 0.4) is 0 Å². The first-order chi connectivity index (χ1) is 25.0. The lowest BCUT2D eigenvalue weighted by Crippen LogP contribution is -2.55. The van der Waals surface area contributed by atoms with Crippen LogP contribution in [0.5, 0.6) is 11.5 Å². The molecule has 0 heterocycles. The average molecular weight is 729 g/mol. The van der Waals surface area contributed by atoms with Gasteiger partial charge in [-0.2, -0.15) is 0 Å². The summed E-state index contributed by atoms with van der Waals surface area (Å²) in [6, 6.07) is 25.2. The van der Waals surface area contributed by atoms with E-state index in [0.717, 1.165) is 48.0 Å². The minimum absolute atomic E-state index is 0.0296. The van der Waals surface area contributed by atoms with Crippen LogP contribution in [0, 0.1) is 17.0 Å². The molecule has 1 aliphatic carbocycles. The quantitative estimate of drug-likeness (QED) is 0.112. The SMILES string of the molecule is COc1ccc(N(CC(=O)N(Cc2cccc(OC)c2)[C@@H](Cc2ccccc2)C(=O)NC2CCCCC2)S(=O)(=O)c2ccc(C)c([N+](=O)[O-])c2)cc1. The maximum atomic E-state index is 14.8. The van der Waals surface area contributed by atoms with Gasteiger partial charge in [0, 0.05) is 30.6 Å². The van der Waals surface area contributed by atoms with Crippen molar-refractivity contribution < 1.29 is 32.4 Å². The van der Waals surface area contributed by atoms with E-state index in [1.165, 1.54) is 50.3 Å². The van der Waals surface area contributed by atoms with Crippen LogP contribution in [0.15, 0.2) is 102 Å². The van der Waals surface area contributed by atoms with Gasteiger partial charge in [0.25, 0.3) is 15.7 Å². The van der Waals surface area contributed by atoms with E-state index < -0.39 is 33.4 Å². The number of anilines is 1. The number of nitrogens with zero attached hydrogens (tertiary/aromatic N) is 3. The molecule has 12 nitrogen and oxygen atoms in total. The van der Waals surface area contributed by atoms with Crippen LogP contribution < -0.4 is 19.1 Å². The molecule has 5 rings (SSSR count). The fourth-order valence-electron chi connectivity index (χ4n) is 6.42. The molecule has 274 valence electrons. The molecule has 1 N–H and O–H groups in total. The predicted octanol–water partition coefficient (Wildman–Crippen LogP) is 6.20. The van der Waals surface area contributed by atoms with E-state index in [2.05, 4.69) is 5.32 Å². The first-order valence-electron chi connectivity index (χ1n) is 17.2. The lowest BCUT2D eigenvalue weighted by atomic mass is 9.94. The number of sulfonamides is 1. The molecule has 2 amide bonds. The average Bonchev–Trinajstić information content (AvgIpc) is 3.16. The van der Waals surface area contributed by atoms with Gasteiger partial charge in [-0.1, -0.05) is 67.8 Å². The van der Waals surface area contributed by atoms with E-state index in [4.69, 9.17) is 9.47 Å². The van der Waals surface area contributed by atoms with Gasteiger partial charge in [0.05, 0.1) is 29.7 Å². The van der Waals surface area contributed by atoms with E-state index in [-0.39, 0.29) is 46.7 Å². The van der Waals surface area contributed by atoms with Crippen molar-refractivity contribution in [3.05, 3.63) is 124 Å². The Balaban J connectivity index is 1.60. The number of carbonyl (C=O) groups is 2. The molecule has 0 spiro atoms. The number of nitrogens with one attached hydrogen (secondary N) is 1. The minimum atomic E-state index is -4.57. The summed E-state index contributed by atoms with van der Waals surface area (Å²) >= 11 is 0. The van der Waals surface area contributed by atoms with Crippen molar-refractivity contribution >= 4 is 33.2 Å². The van der Waals surface area contributed by atoms with Crippen molar-refractivity contribution in [2.75, 3.05) is 25.1 Å². The van der Waals surface area contributed by atoms with Gasteiger partial charge < -0.3 is 19.7 Å². The molecule has 4 aromatic rings. The molecular formula is C39H44N4O8S. The smallest absolute Gasteiger partial charge is 0.273 e. The molecule has 0 bridgehead atoms. The largest absolute Gasteiger partial charge is 0.497 e. The summed E-state index contributed by atoms with van der Waals surface area (Å²) in [5, 5.41) is 15.0. The lowest BCUT2D eigenvalue weighted by Gasteiger charge is -2.35. The molecule has 1 atom stereocenters. The van der Waals surface area contributed by atoms with E-state index >= 15 is 0 Å². The van der Waals surface area contributed by atoms with Gasteiger partial charge in [-0.15, -0.1) is 0 Å². The highest BCUT2D eigenvalue weighted by Gasteiger charge is 2.36. The van der Waals surface area contributed by atoms with Crippen molar-refractivity contribution in [2.45, 2.75) is 69.0 Å². The van der Waals surface area contributed by atoms with Crippen LogP contribution in [0.2, 0.25) is 0 Å². The van der Waals surface area contributed by atoms with Crippen molar-refractivity contribution in [1.82, 2.24) is 10.2 Å². The standard InChI is InChI=1S/C39H44N4O8S/c1-28-17-22-35(25-36(28)43(46)47)52(48,49)42(32-18-20-33(50-2)21-19-32)27-38(44)41(26-30-13-10-16-34(23-30)51-3)37(24-29-11-6-4-7-12-29)39(45)40-31-14-8-5-9-15-31/h4,6-7,10-13,16-23,25,31,37H,5,8-9,14-15,24,26-27H2,1-3H3,(H,40,45)/t37-/m0/s1. The zero-order valence-electron chi connectivity index (χ0n) is 29.6. The van der Waals surface area contributed by atoms with Crippen molar-refractivity contribution in [2.24, 2.45) is 0 Å². The minimum Gasteiger partial charge on any atom is -0.497 e. The number of hydrogen-bond donors (Lipinski definition) is 1. The molecule has 0 saturated heterocycles. The molecule has 0 unspecified atom stereocenters. The summed E-state index contributed by atoms with van der Waals surface area (Å²) in [5.41, 5.74) is 1.54. The highest BCUT2D eigenvalue weighted by molar-refractivity contribution is 7.92. The number of rotatable bonds is 15. The number of benzene rings is 4. The number of nitro benzene ring substituents is 1. The Morgan fingerprint density at radius 1 is 0.865 bits per heavy atom. The number of ether oxygens (including phenoxy) is 2. The van der Waals surface area contributed by atoms with E-state index in [1.807, 2.05) is 36.4 Å². The topological polar surface area (TPSA) is 148 Å². The molecule has 0 radical (unpaired) electrons. The summed E-state index contributed by atoms with van der Waals surface area (Å²) in [6.07, 6.45) is 4.92. The van der Waals surface area contributed by atoms with Gasteiger partial charge in [-0.25, -0.2) is 8.42 Å². The van der Waals surface area contributed by atoms with E-state index in [0.29, 0.717) is 17.1 Å². The number of nitro groups is 1. The van der Waals surface area contributed by atoms with Crippen LogP contribution in [0.25, 0.3) is 0 Å². The molecule has 13 heteroatoms. The van der Waals surface area contributed by atoms with Gasteiger partial charge in [0.2, 0.25) is 11.8 Å². The number of methoxy groups -OCH3 is 2. The third-order valence-electron chi connectivity index (χ3n) is 9.31. The van der Waals surface area contributed by atoms with Crippen molar-refractivity contribution in [3.8, 4) is 11.5 Å². The number of amides is 2. The van der Waals surface area contributed by atoms with Gasteiger partial charge in [0.15, 0.2) is 0 Å². The molecule has 52 heavy (non-hydrogen) atoms. The molecule has 1 fully saturated rings. The Morgan fingerprint density at radius 2 is 1.54 bits per heavy atom. The highest BCUT2D eigenvalue weighted by atomic mass is 32.2. The second kappa shape index (κ2) is 17.2.